The van der Waals surface area contributed by atoms with Crippen LogP contribution in [-0.4, -0.2) is 14.7 Å². The number of nitrogens with zero attached hydrogens (tertiary/aromatic N) is 1. The maximum absolute atomic E-state index is 10.4. The summed E-state index contributed by atoms with van der Waals surface area (Å²) in [6, 6.07) is 12.9. The third kappa shape index (κ3) is 2.85. The van der Waals surface area contributed by atoms with Crippen molar-refractivity contribution in [2.75, 3.05) is 0 Å². The molecular weight excluding hydrogens is 327 g/mol. The molecule has 0 radical (unpaired) electrons. The van der Waals surface area contributed by atoms with E-state index in [2.05, 4.69) is 4.98 Å². The zero-order valence-corrected chi connectivity index (χ0v) is 13.2. The summed E-state index contributed by atoms with van der Waals surface area (Å²) in [6.45, 7) is 0.348. The van der Waals surface area contributed by atoms with Crippen LogP contribution in [0.4, 0.5) is 0 Å². The monoisotopic (exact) mass is 338 g/mol. The first-order valence-corrected chi connectivity index (χ1v) is 7.53. The highest BCUT2D eigenvalue weighted by Gasteiger charge is 2.13. The summed E-state index contributed by atoms with van der Waals surface area (Å²) in [5.41, 5.74) is 2.61. The van der Waals surface area contributed by atoms with Crippen molar-refractivity contribution in [3.8, 4) is 0 Å². The van der Waals surface area contributed by atoms with Crippen LogP contribution in [0.3, 0.4) is 0 Å². The van der Waals surface area contributed by atoms with Crippen molar-refractivity contribution in [3.05, 3.63) is 62.8 Å². The van der Waals surface area contributed by atoms with Gasteiger partial charge >= 0.3 is 0 Å². The Balaban J connectivity index is 1.96. The molecule has 1 unspecified atom stereocenters. The predicted molar refractivity (Wildman–Crippen MR) is 88.5 cm³/mol. The molecule has 0 aliphatic heterocycles. The first-order valence-electron chi connectivity index (χ1n) is 6.37. The lowest BCUT2D eigenvalue weighted by molar-refractivity contribution is 0.157. The SMILES string of the molecule is OC(Cn1c(=S)[nH]c2ccccc21)c1ccc(Cl)c(Cl)c1. The summed E-state index contributed by atoms with van der Waals surface area (Å²) < 4.78 is 2.45. The fourth-order valence-corrected chi connectivity index (χ4v) is 2.88. The number of rotatable bonds is 3. The molecule has 2 aromatic carbocycles. The Hall–Kier alpha value is -1.33. The molecule has 0 aliphatic carbocycles. The van der Waals surface area contributed by atoms with E-state index < -0.39 is 6.10 Å². The summed E-state index contributed by atoms with van der Waals surface area (Å²) in [5.74, 6) is 0. The molecule has 2 N–H and O–H groups in total. The van der Waals surface area contributed by atoms with Crippen molar-refractivity contribution >= 4 is 46.5 Å². The molecule has 0 aliphatic rings. The minimum atomic E-state index is -0.717. The average Bonchev–Trinajstić information content (AvgIpc) is 2.78. The number of imidazole rings is 1. The lowest BCUT2D eigenvalue weighted by Gasteiger charge is -2.13. The second-order valence-corrected chi connectivity index (χ2v) is 5.95. The van der Waals surface area contributed by atoms with Crippen molar-refractivity contribution < 1.29 is 5.11 Å². The summed E-state index contributed by atoms with van der Waals surface area (Å²) in [4.78, 5) is 3.12. The highest BCUT2D eigenvalue weighted by Crippen LogP contribution is 2.27. The second kappa shape index (κ2) is 5.81. The Labute approximate surface area is 136 Å². The maximum atomic E-state index is 10.4. The molecule has 0 fully saturated rings. The number of benzene rings is 2. The molecule has 108 valence electrons. The van der Waals surface area contributed by atoms with Crippen LogP contribution in [0.2, 0.25) is 10.0 Å². The first-order chi connectivity index (χ1) is 10.1. The number of aliphatic hydroxyl groups excluding tert-OH is 1. The standard InChI is InChI=1S/C15H12Cl2N2OS/c16-10-6-5-9(7-11(10)17)14(20)8-19-13-4-2-1-3-12(13)18-15(19)21/h1-7,14,20H,8H2,(H,18,21). The molecule has 3 rings (SSSR count). The van der Waals surface area contributed by atoms with E-state index in [-0.39, 0.29) is 0 Å². The van der Waals surface area contributed by atoms with Gasteiger partial charge in [-0.25, -0.2) is 0 Å². The minimum absolute atomic E-state index is 0.348. The summed E-state index contributed by atoms with van der Waals surface area (Å²) in [5, 5.41) is 11.3. The molecule has 21 heavy (non-hydrogen) atoms. The number of para-hydroxylation sites is 2. The number of hydrogen-bond acceptors (Lipinski definition) is 2. The van der Waals surface area contributed by atoms with Gasteiger partial charge in [0.25, 0.3) is 0 Å². The van der Waals surface area contributed by atoms with Gasteiger partial charge in [-0.3, -0.25) is 0 Å². The molecule has 3 nitrogen and oxygen atoms in total. The largest absolute Gasteiger partial charge is 0.387 e. The topological polar surface area (TPSA) is 41.0 Å². The van der Waals surface area contributed by atoms with Gasteiger partial charge < -0.3 is 14.7 Å². The van der Waals surface area contributed by atoms with Crippen molar-refractivity contribution in [3.63, 3.8) is 0 Å². The van der Waals surface area contributed by atoms with E-state index >= 15 is 0 Å². The van der Waals surface area contributed by atoms with Crippen LogP contribution in [0.1, 0.15) is 11.7 Å². The van der Waals surface area contributed by atoms with Crippen LogP contribution in [0.25, 0.3) is 11.0 Å². The summed E-state index contributed by atoms with van der Waals surface area (Å²) in [7, 11) is 0. The van der Waals surface area contributed by atoms with Gasteiger partial charge in [0, 0.05) is 0 Å². The Kier molecular flexibility index (Phi) is 4.04. The number of nitrogens with one attached hydrogen (secondary N) is 1. The van der Waals surface area contributed by atoms with E-state index in [0.29, 0.717) is 26.9 Å². The maximum Gasteiger partial charge on any atom is 0.178 e. The smallest absolute Gasteiger partial charge is 0.178 e. The zero-order chi connectivity index (χ0) is 15.0. The Morgan fingerprint density at radius 2 is 1.90 bits per heavy atom. The van der Waals surface area contributed by atoms with Gasteiger partial charge in [-0.2, -0.15) is 0 Å². The minimum Gasteiger partial charge on any atom is -0.387 e. The number of halogens is 2. The second-order valence-electron chi connectivity index (χ2n) is 4.75. The Morgan fingerprint density at radius 1 is 1.14 bits per heavy atom. The highest BCUT2D eigenvalue weighted by molar-refractivity contribution is 7.71. The number of aromatic amines is 1. The van der Waals surface area contributed by atoms with E-state index in [4.69, 9.17) is 35.4 Å². The van der Waals surface area contributed by atoms with Crippen molar-refractivity contribution in [1.82, 2.24) is 9.55 Å². The number of hydrogen-bond donors (Lipinski definition) is 2. The highest BCUT2D eigenvalue weighted by atomic mass is 35.5. The molecule has 3 aromatic rings. The number of H-pyrrole nitrogens is 1. The quantitative estimate of drug-likeness (QED) is 0.677. The molecule has 0 bridgehead atoms. The van der Waals surface area contributed by atoms with E-state index in [0.717, 1.165) is 11.0 Å². The fraction of sp³-hybridized carbons (Fsp3) is 0.133. The number of fused-ring (bicyclic) bond motifs is 1. The third-order valence-electron chi connectivity index (χ3n) is 3.37. The van der Waals surface area contributed by atoms with Crippen LogP contribution in [-0.2, 0) is 6.54 Å². The Morgan fingerprint density at radius 3 is 2.67 bits per heavy atom. The van der Waals surface area contributed by atoms with Crippen LogP contribution in [0.5, 0.6) is 0 Å². The molecule has 0 spiro atoms. The van der Waals surface area contributed by atoms with E-state index in [9.17, 15) is 5.11 Å². The normalized spacial score (nSPS) is 12.7. The van der Waals surface area contributed by atoms with Gasteiger partial charge in [0.05, 0.1) is 33.7 Å². The van der Waals surface area contributed by atoms with Gasteiger partial charge in [-0.05, 0) is 42.0 Å². The summed E-state index contributed by atoms with van der Waals surface area (Å²) in [6.07, 6.45) is -0.717. The number of aliphatic hydroxyl groups is 1. The van der Waals surface area contributed by atoms with Crippen molar-refractivity contribution in [1.29, 1.82) is 0 Å². The van der Waals surface area contributed by atoms with Crippen molar-refractivity contribution in [2.45, 2.75) is 12.6 Å². The van der Waals surface area contributed by atoms with Gasteiger partial charge in [-0.1, -0.05) is 41.4 Å². The van der Waals surface area contributed by atoms with Gasteiger partial charge in [0.2, 0.25) is 0 Å². The van der Waals surface area contributed by atoms with Gasteiger partial charge in [-0.15, -0.1) is 0 Å². The predicted octanol–water partition coefficient (Wildman–Crippen LogP) is 4.74. The molecule has 1 aromatic heterocycles. The first kappa shape index (κ1) is 14.6. The zero-order valence-electron chi connectivity index (χ0n) is 10.9. The third-order valence-corrected chi connectivity index (χ3v) is 4.43. The summed E-state index contributed by atoms with van der Waals surface area (Å²) >= 11 is 17.2. The van der Waals surface area contributed by atoms with Crippen LogP contribution < -0.4 is 0 Å². The Bertz CT molecular complexity index is 856. The molecule has 1 heterocycles. The fourth-order valence-electron chi connectivity index (χ4n) is 2.29. The molecule has 0 amide bonds. The van der Waals surface area contributed by atoms with Crippen molar-refractivity contribution in [2.24, 2.45) is 0 Å². The van der Waals surface area contributed by atoms with E-state index in [1.807, 2.05) is 28.8 Å². The van der Waals surface area contributed by atoms with Crippen LogP contribution >= 0.6 is 35.4 Å². The van der Waals surface area contributed by atoms with Crippen LogP contribution in [0, 0.1) is 4.77 Å². The lowest BCUT2D eigenvalue weighted by Crippen LogP contribution is -2.08. The number of aromatic nitrogens is 2. The van der Waals surface area contributed by atoms with Gasteiger partial charge in [0.15, 0.2) is 4.77 Å². The molecule has 6 heteroatoms. The van der Waals surface area contributed by atoms with E-state index in [1.165, 1.54) is 0 Å². The average molecular weight is 339 g/mol. The molecule has 1 atom stereocenters. The lowest BCUT2D eigenvalue weighted by atomic mass is 10.1. The molecular formula is C15H12Cl2N2OS. The van der Waals surface area contributed by atoms with E-state index in [1.54, 1.807) is 18.2 Å². The van der Waals surface area contributed by atoms with Crippen LogP contribution in [0.15, 0.2) is 42.5 Å². The van der Waals surface area contributed by atoms with Gasteiger partial charge in [0.1, 0.15) is 0 Å². The molecule has 0 saturated heterocycles. The molecule has 0 saturated carbocycles.